The van der Waals surface area contributed by atoms with Crippen LogP contribution in [-0.4, -0.2) is 24.5 Å². The molecule has 1 atom stereocenters. The van der Waals surface area contributed by atoms with Crippen molar-refractivity contribution < 1.29 is 18.7 Å². The van der Waals surface area contributed by atoms with Crippen molar-refractivity contribution in [2.45, 2.75) is 51.1 Å². The highest BCUT2D eigenvalue weighted by Crippen LogP contribution is 2.35. The molecule has 1 saturated carbocycles. The van der Waals surface area contributed by atoms with E-state index in [1.807, 2.05) is 36.6 Å². The van der Waals surface area contributed by atoms with E-state index >= 15 is 0 Å². The summed E-state index contributed by atoms with van der Waals surface area (Å²) in [4.78, 5) is 29.8. The van der Waals surface area contributed by atoms with Crippen LogP contribution < -0.4 is 15.0 Å². The molecule has 3 aromatic rings. The van der Waals surface area contributed by atoms with Gasteiger partial charge in [-0.15, -0.1) is 11.3 Å². The Balaban J connectivity index is 1.81. The molecule has 1 unspecified atom stereocenters. The Morgan fingerprint density at radius 3 is 2.62 bits per heavy atom. The number of halogens is 1. The quantitative estimate of drug-likeness (QED) is 0.430. The van der Waals surface area contributed by atoms with Gasteiger partial charge in [0.15, 0.2) is 0 Å². The molecule has 34 heavy (non-hydrogen) atoms. The lowest BCUT2D eigenvalue weighted by atomic mass is 10.0. The van der Waals surface area contributed by atoms with Gasteiger partial charge < -0.3 is 10.1 Å². The van der Waals surface area contributed by atoms with Gasteiger partial charge in [0.1, 0.15) is 17.6 Å². The Kier molecular flexibility index (Phi) is 7.95. The molecule has 1 aliphatic carbocycles. The zero-order valence-electron chi connectivity index (χ0n) is 19.2. The fraction of sp³-hybridized carbons (Fsp3) is 0.333. The lowest BCUT2D eigenvalue weighted by molar-refractivity contribution is -0.127. The first-order valence-electron chi connectivity index (χ1n) is 11.7. The van der Waals surface area contributed by atoms with E-state index < -0.39 is 11.9 Å². The summed E-state index contributed by atoms with van der Waals surface area (Å²) in [5.41, 5.74) is 0.906. The molecule has 0 bridgehead atoms. The zero-order valence-corrected chi connectivity index (χ0v) is 20.0. The number of rotatable bonds is 9. The molecule has 178 valence electrons. The van der Waals surface area contributed by atoms with Gasteiger partial charge in [-0.3, -0.25) is 14.5 Å². The number of anilines is 1. The summed E-state index contributed by atoms with van der Waals surface area (Å²) in [6, 6.07) is 15.9. The minimum Gasteiger partial charge on any atom is -0.493 e. The normalized spacial score (nSPS) is 14.5. The molecule has 1 heterocycles. The van der Waals surface area contributed by atoms with Crippen LogP contribution in [0.25, 0.3) is 0 Å². The van der Waals surface area contributed by atoms with Crippen LogP contribution in [0.5, 0.6) is 5.75 Å². The van der Waals surface area contributed by atoms with Crippen LogP contribution in [0.1, 0.15) is 49.1 Å². The maximum Gasteiger partial charge on any atom is 0.248 e. The predicted molar refractivity (Wildman–Crippen MR) is 133 cm³/mol. The van der Waals surface area contributed by atoms with E-state index in [9.17, 15) is 14.0 Å². The maximum atomic E-state index is 14.3. The summed E-state index contributed by atoms with van der Waals surface area (Å²) in [5.74, 6) is -0.518. The second-order valence-electron chi connectivity index (χ2n) is 8.36. The number of carbonyl (C=O) groups is 2. The molecule has 7 heteroatoms. The number of benzene rings is 2. The molecule has 1 fully saturated rings. The molecule has 1 N–H and O–H groups in total. The van der Waals surface area contributed by atoms with Crippen molar-refractivity contribution in [1.82, 2.24) is 5.32 Å². The van der Waals surface area contributed by atoms with Crippen LogP contribution in [0.2, 0.25) is 0 Å². The van der Waals surface area contributed by atoms with E-state index in [-0.39, 0.29) is 24.3 Å². The number of hydrogen-bond donors (Lipinski definition) is 1. The highest BCUT2D eigenvalue weighted by atomic mass is 32.1. The predicted octanol–water partition coefficient (Wildman–Crippen LogP) is 5.66. The van der Waals surface area contributed by atoms with Gasteiger partial charge in [0.25, 0.3) is 0 Å². The van der Waals surface area contributed by atoms with Crippen molar-refractivity contribution in [3.63, 3.8) is 0 Å². The molecule has 0 saturated heterocycles. The Morgan fingerprint density at radius 1 is 1.12 bits per heavy atom. The Bertz CT molecular complexity index is 1110. The number of carbonyl (C=O) groups excluding carboxylic acids is 2. The van der Waals surface area contributed by atoms with E-state index in [0.29, 0.717) is 23.6 Å². The monoisotopic (exact) mass is 480 g/mol. The minimum absolute atomic E-state index is 0.0658. The average Bonchev–Trinajstić information content (AvgIpc) is 3.52. The summed E-state index contributed by atoms with van der Waals surface area (Å²) in [5, 5.41) is 5.05. The molecule has 5 nitrogen and oxygen atoms in total. The van der Waals surface area contributed by atoms with Crippen molar-refractivity contribution in [1.29, 1.82) is 0 Å². The van der Waals surface area contributed by atoms with Gasteiger partial charge in [-0.1, -0.05) is 43.2 Å². The Morgan fingerprint density at radius 2 is 1.91 bits per heavy atom. The van der Waals surface area contributed by atoms with Crippen molar-refractivity contribution in [3.05, 3.63) is 82.3 Å². The fourth-order valence-corrected chi connectivity index (χ4v) is 5.15. The van der Waals surface area contributed by atoms with Gasteiger partial charge in [-0.25, -0.2) is 4.39 Å². The molecule has 0 radical (unpaired) electrons. The van der Waals surface area contributed by atoms with Gasteiger partial charge in [0, 0.05) is 22.2 Å². The molecular weight excluding hydrogens is 451 g/mol. The van der Waals surface area contributed by atoms with Crippen molar-refractivity contribution in [2.24, 2.45) is 0 Å². The van der Waals surface area contributed by atoms with Crippen molar-refractivity contribution in [2.75, 3.05) is 11.5 Å². The molecule has 1 aromatic heterocycles. The zero-order chi connectivity index (χ0) is 23.9. The standard InChI is InChI=1S/C27H29FN2O3S/c1-2-33-24-15-6-5-14-23(24)26(27(32)29-20-10-3-4-11-20)30(21-12-7-9-19(28)17-21)25(31)18-22-13-8-16-34-22/h5-9,12-17,20,26H,2-4,10-11,18H2,1H3,(H,29,32). The number of hydrogen-bond acceptors (Lipinski definition) is 4. The molecule has 4 rings (SSSR count). The molecule has 2 amide bonds. The van der Waals surface area contributed by atoms with Gasteiger partial charge >= 0.3 is 0 Å². The van der Waals surface area contributed by atoms with Crippen LogP contribution in [0.4, 0.5) is 10.1 Å². The number of para-hydroxylation sites is 1. The molecule has 0 aliphatic heterocycles. The second-order valence-corrected chi connectivity index (χ2v) is 9.40. The van der Waals surface area contributed by atoms with E-state index in [1.54, 1.807) is 24.3 Å². The summed E-state index contributed by atoms with van der Waals surface area (Å²) in [6.07, 6.45) is 4.06. The number of amides is 2. The lowest BCUT2D eigenvalue weighted by Crippen LogP contribution is -2.47. The van der Waals surface area contributed by atoms with Crippen LogP contribution in [0.15, 0.2) is 66.0 Å². The fourth-order valence-electron chi connectivity index (χ4n) is 4.45. The molecule has 1 aliphatic rings. The first-order valence-corrected chi connectivity index (χ1v) is 12.6. The third-order valence-electron chi connectivity index (χ3n) is 5.98. The first-order chi connectivity index (χ1) is 16.6. The highest BCUT2D eigenvalue weighted by molar-refractivity contribution is 7.10. The van der Waals surface area contributed by atoms with Crippen LogP contribution >= 0.6 is 11.3 Å². The largest absolute Gasteiger partial charge is 0.493 e. The van der Waals surface area contributed by atoms with E-state index in [4.69, 9.17) is 4.74 Å². The minimum atomic E-state index is -1.00. The molecule has 0 spiro atoms. The van der Waals surface area contributed by atoms with Crippen LogP contribution in [0.3, 0.4) is 0 Å². The third-order valence-corrected chi connectivity index (χ3v) is 6.86. The lowest BCUT2D eigenvalue weighted by Gasteiger charge is -2.33. The summed E-state index contributed by atoms with van der Waals surface area (Å²) in [7, 11) is 0. The first kappa shape index (κ1) is 24.0. The smallest absolute Gasteiger partial charge is 0.248 e. The highest BCUT2D eigenvalue weighted by Gasteiger charge is 2.36. The summed E-state index contributed by atoms with van der Waals surface area (Å²) >= 11 is 1.47. The van der Waals surface area contributed by atoms with E-state index in [2.05, 4.69) is 5.32 Å². The topological polar surface area (TPSA) is 58.6 Å². The van der Waals surface area contributed by atoms with E-state index in [1.165, 1.54) is 28.4 Å². The van der Waals surface area contributed by atoms with Gasteiger partial charge in [-0.05, 0) is 55.5 Å². The SMILES string of the molecule is CCOc1ccccc1C(C(=O)NC1CCCC1)N(C(=O)Cc1cccs1)c1cccc(F)c1. The summed E-state index contributed by atoms with van der Waals surface area (Å²) < 4.78 is 20.1. The second kappa shape index (κ2) is 11.3. The van der Waals surface area contributed by atoms with Crippen LogP contribution in [0, 0.1) is 5.82 Å². The number of thiophene rings is 1. The van der Waals surface area contributed by atoms with Crippen molar-refractivity contribution in [3.8, 4) is 5.75 Å². The molecule has 2 aromatic carbocycles. The third kappa shape index (κ3) is 5.65. The van der Waals surface area contributed by atoms with Crippen LogP contribution in [-0.2, 0) is 16.0 Å². The number of nitrogens with zero attached hydrogens (tertiary/aromatic N) is 1. The number of ether oxygens (including phenoxy) is 1. The number of nitrogens with one attached hydrogen (secondary N) is 1. The maximum absolute atomic E-state index is 14.3. The Hall–Kier alpha value is -3.19. The van der Waals surface area contributed by atoms with Crippen molar-refractivity contribution >= 4 is 28.8 Å². The Labute approximate surface area is 203 Å². The summed E-state index contributed by atoms with van der Waals surface area (Å²) in [6.45, 7) is 2.29. The molecular formula is C27H29FN2O3S. The van der Waals surface area contributed by atoms with Gasteiger partial charge in [0.05, 0.1) is 13.0 Å². The van der Waals surface area contributed by atoms with Gasteiger partial charge in [-0.2, -0.15) is 0 Å². The average molecular weight is 481 g/mol. The van der Waals surface area contributed by atoms with Gasteiger partial charge in [0.2, 0.25) is 11.8 Å². The van der Waals surface area contributed by atoms with E-state index in [0.717, 1.165) is 30.6 Å².